The van der Waals surface area contributed by atoms with E-state index < -0.39 is 0 Å². The molecule has 0 aromatic heterocycles. The normalized spacial score (nSPS) is 18.3. The second-order valence-corrected chi connectivity index (χ2v) is 7.84. The summed E-state index contributed by atoms with van der Waals surface area (Å²) in [5.74, 6) is 0.362. The van der Waals surface area contributed by atoms with Gasteiger partial charge in [-0.15, -0.1) is 0 Å². The Morgan fingerprint density at radius 3 is 1.70 bits per heavy atom. The molecule has 0 amide bonds. The van der Waals surface area contributed by atoms with Crippen LogP contribution < -0.4 is 0 Å². The highest BCUT2D eigenvalue weighted by Crippen LogP contribution is 2.31. The van der Waals surface area contributed by atoms with Crippen molar-refractivity contribution < 1.29 is 9.47 Å². The fourth-order valence-electron chi connectivity index (χ4n) is 3.63. The Hall–Kier alpha value is -0.0800. The molecule has 2 heteroatoms. The molecule has 138 valence electrons. The summed E-state index contributed by atoms with van der Waals surface area (Å²) in [6.07, 6.45) is 18.3. The molecule has 0 aliphatic carbocycles. The predicted octanol–water partition coefficient (Wildman–Crippen LogP) is 6.87. The van der Waals surface area contributed by atoms with Crippen LogP contribution in [0.15, 0.2) is 0 Å². The fourth-order valence-corrected chi connectivity index (χ4v) is 3.63. The highest BCUT2D eigenvalue weighted by atomic mass is 16.7. The molecule has 1 aliphatic rings. The Morgan fingerprint density at radius 1 is 0.739 bits per heavy atom. The maximum Gasteiger partial charge on any atom is 0.168 e. The van der Waals surface area contributed by atoms with Crippen molar-refractivity contribution in [3.63, 3.8) is 0 Å². The summed E-state index contributed by atoms with van der Waals surface area (Å²) in [7, 11) is 0. The van der Waals surface area contributed by atoms with Crippen LogP contribution in [0.1, 0.15) is 111 Å². The zero-order valence-electron chi connectivity index (χ0n) is 16.2. The maximum atomic E-state index is 6.16. The molecule has 0 aromatic rings. The van der Waals surface area contributed by atoms with Crippen LogP contribution >= 0.6 is 0 Å². The standard InChI is InChI=1S/C21H42O2/c1-4-5-6-7-8-9-10-11-12-13-16-21(19-20(2)3)22-17-14-15-18-23-21/h20H,4-19H2,1-3H3. The van der Waals surface area contributed by atoms with Gasteiger partial charge < -0.3 is 9.47 Å². The van der Waals surface area contributed by atoms with Gasteiger partial charge in [0.2, 0.25) is 0 Å². The first-order valence-electron chi connectivity index (χ1n) is 10.5. The Labute approximate surface area is 145 Å². The molecule has 0 bridgehead atoms. The van der Waals surface area contributed by atoms with Crippen LogP contribution in [0.4, 0.5) is 0 Å². The predicted molar refractivity (Wildman–Crippen MR) is 99.8 cm³/mol. The molecule has 0 radical (unpaired) electrons. The molecule has 2 nitrogen and oxygen atoms in total. The summed E-state index contributed by atoms with van der Waals surface area (Å²) in [4.78, 5) is 0. The lowest BCUT2D eigenvalue weighted by molar-refractivity contribution is -0.238. The summed E-state index contributed by atoms with van der Waals surface area (Å²) in [5, 5.41) is 0. The Morgan fingerprint density at radius 2 is 1.22 bits per heavy atom. The lowest BCUT2D eigenvalue weighted by Gasteiger charge is -2.34. The topological polar surface area (TPSA) is 18.5 Å². The summed E-state index contributed by atoms with van der Waals surface area (Å²) in [5.41, 5.74) is 0. The summed E-state index contributed by atoms with van der Waals surface area (Å²) in [6, 6.07) is 0. The third-order valence-electron chi connectivity index (χ3n) is 4.90. The van der Waals surface area contributed by atoms with Gasteiger partial charge in [-0.3, -0.25) is 0 Å². The van der Waals surface area contributed by atoms with Crippen LogP contribution in [-0.4, -0.2) is 19.0 Å². The Kier molecular flexibility index (Phi) is 12.1. The Balaban J connectivity index is 2.10. The minimum absolute atomic E-state index is 0.273. The number of hydrogen-bond acceptors (Lipinski definition) is 2. The van der Waals surface area contributed by atoms with E-state index >= 15 is 0 Å². The highest BCUT2D eigenvalue weighted by Gasteiger charge is 2.33. The molecule has 0 saturated carbocycles. The van der Waals surface area contributed by atoms with Gasteiger partial charge in [0.15, 0.2) is 5.79 Å². The third kappa shape index (κ3) is 10.4. The first-order chi connectivity index (χ1) is 11.2. The Bertz CT molecular complexity index is 255. The van der Waals surface area contributed by atoms with Gasteiger partial charge in [0, 0.05) is 12.8 Å². The van der Waals surface area contributed by atoms with Crippen molar-refractivity contribution in [1.82, 2.24) is 0 Å². The average molecular weight is 327 g/mol. The second kappa shape index (κ2) is 13.2. The third-order valence-corrected chi connectivity index (χ3v) is 4.90. The monoisotopic (exact) mass is 326 g/mol. The molecular weight excluding hydrogens is 284 g/mol. The summed E-state index contributed by atoms with van der Waals surface area (Å²) in [6.45, 7) is 8.60. The van der Waals surface area contributed by atoms with Crippen molar-refractivity contribution in [2.45, 2.75) is 116 Å². The molecule has 0 N–H and O–H groups in total. The number of ether oxygens (including phenoxy) is 2. The minimum atomic E-state index is -0.273. The number of rotatable bonds is 13. The van der Waals surface area contributed by atoms with Gasteiger partial charge in [-0.2, -0.15) is 0 Å². The number of hydrogen-bond donors (Lipinski definition) is 0. The molecular formula is C21H42O2. The fraction of sp³-hybridized carbons (Fsp3) is 1.00. The number of unbranched alkanes of at least 4 members (excludes halogenated alkanes) is 9. The quantitative estimate of drug-likeness (QED) is 0.344. The van der Waals surface area contributed by atoms with Gasteiger partial charge in [0.25, 0.3) is 0 Å². The molecule has 1 aliphatic heterocycles. The van der Waals surface area contributed by atoms with Crippen molar-refractivity contribution in [3.05, 3.63) is 0 Å². The van der Waals surface area contributed by atoms with Gasteiger partial charge in [0.05, 0.1) is 13.2 Å². The van der Waals surface area contributed by atoms with Crippen molar-refractivity contribution >= 4 is 0 Å². The van der Waals surface area contributed by atoms with Crippen LogP contribution in [-0.2, 0) is 9.47 Å². The van der Waals surface area contributed by atoms with Gasteiger partial charge in [-0.05, 0) is 25.2 Å². The molecule has 1 rings (SSSR count). The van der Waals surface area contributed by atoms with Crippen LogP contribution in [0.25, 0.3) is 0 Å². The lowest BCUT2D eigenvalue weighted by atomic mass is 9.96. The molecule has 1 saturated heterocycles. The van der Waals surface area contributed by atoms with Gasteiger partial charge in [-0.25, -0.2) is 0 Å². The largest absolute Gasteiger partial charge is 0.350 e. The summed E-state index contributed by atoms with van der Waals surface area (Å²) < 4.78 is 12.3. The van der Waals surface area contributed by atoms with Gasteiger partial charge in [-0.1, -0.05) is 78.6 Å². The van der Waals surface area contributed by atoms with Gasteiger partial charge in [0.1, 0.15) is 0 Å². The summed E-state index contributed by atoms with van der Waals surface area (Å²) >= 11 is 0. The zero-order chi connectivity index (χ0) is 16.8. The highest BCUT2D eigenvalue weighted by molar-refractivity contribution is 4.74. The lowest BCUT2D eigenvalue weighted by Crippen LogP contribution is -2.37. The van der Waals surface area contributed by atoms with E-state index in [-0.39, 0.29) is 5.79 Å². The molecule has 1 fully saturated rings. The van der Waals surface area contributed by atoms with Crippen molar-refractivity contribution in [3.8, 4) is 0 Å². The van der Waals surface area contributed by atoms with Crippen LogP contribution in [0.3, 0.4) is 0 Å². The van der Waals surface area contributed by atoms with Crippen LogP contribution in [0.2, 0.25) is 0 Å². The van der Waals surface area contributed by atoms with Crippen molar-refractivity contribution in [2.24, 2.45) is 5.92 Å². The van der Waals surface area contributed by atoms with E-state index in [9.17, 15) is 0 Å². The van der Waals surface area contributed by atoms with E-state index in [2.05, 4.69) is 20.8 Å². The maximum absolute atomic E-state index is 6.16. The molecule has 23 heavy (non-hydrogen) atoms. The van der Waals surface area contributed by atoms with Crippen molar-refractivity contribution in [2.75, 3.05) is 13.2 Å². The SMILES string of the molecule is CCCCCCCCCCCCC1(CC(C)C)OCCCCO1. The molecule has 0 atom stereocenters. The molecule has 1 heterocycles. The van der Waals surface area contributed by atoms with Crippen LogP contribution in [0, 0.1) is 5.92 Å². The van der Waals surface area contributed by atoms with E-state index in [0.717, 1.165) is 38.9 Å². The smallest absolute Gasteiger partial charge is 0.168 e. The van der Waals surface area contributed by atoms with Gasteiger partial charge >= 0.3 is 0 Å². The van der Waals surface area contributed by atoms with E-state index in [1.54, 1.807) is 0 Å². The average Bonchev–Trinajstić information content (AvgIpc) is 2.74. The van der Waals surface area contributed by atoms with E-state index in [4.69, 9.17) is 9.47 Å². The second-order valence-electron chi connectivity index (χ2n) is 7.84. The minimum Gasteiger partial charge on any atom is -0.350 e. The van der Waals surface area contributed by atoms with E-state index in [0.29, 0.717) is 5.92 Å². The molecule has 0 unspecified atom stereocenters. The molecule has 0 aromatic carbocycles. The van der Waals surface area contributed by atoms with E-state index in [1.165, 1.54) is 64.2 Å². The van der Waals surface area contributed by atoms with E-state index in [1.807, 2.05) is 0 Å². The molecule has 0 spiro atoms. The first kappa shape index (κ1) is 21.0. The van der Waals surface area contributed by atoms with Crippen LogP contribution in [0.5, 0.6) is 0 Å². The first-order valence-corrected chi connectivity index (χ1v) is 10.5. The van der Waals surface area contributed by atoms with Crippen molar-refractivity contribution in [1.29, 1.82) is 0 Å². The zero-order valence-corrected chi connectivity index (χ0v) is 16.2.